The largest absolute Gasteiger partial charge is 0.461 e. The van der Waals surface area contributed by atoms with Gasteiger partial charge in [-0.3, -0.25) is 9.59 Å². The third-order valence-corrected chi connectivity index (χ3v) is 6.47. The van der Waals surface area contributed by atoms with Crippen LogP contribution in [-0.2, 0) is 4.79 Å². The summed E-state index contributed by atoms with van der Waals surface area (Å²) in [7, 11) is 0. The monoisotopic (exact) mass is 420 g/mol. The molecule has 0 N–H and O–H groups in total. The molecule has 1 aromatic carbocycles. The summed E-state index contributed by atoms with van der Waals surface area (Å²) in [5, 5.41) is 0. The van der Waals surface area contributed by atoms with Crippen LogP contribution in [0.5, 0.6) is 0 Å². The number of likely N-dealkylation sites (tertiary alicyclic amines) is 1. The second-order valence-corrected chi connectivity index (χ2v) is 8.81. The maximum absolute atomic E-state index is 13.0. The maximum atomic E-state index is 13.0. The van der Waals surface area contributed by atoms with Crippen LogP contribution in [-0.4, -0.2) is 47.3 Å². The molecule has 2 aliphatic rings. The van der Waals surface area contributed by atoms with Gasteiger partial charge in [-0.2, -0.15) is 0 Å². The number of amides is 2. The highest BCUT2D eigenvalue weighted by Crippen LogP contribution is 2.47. The molecule has 1 aromatic heterocycles. The van der Waals surface area contributed by atoms with Crippen LogP contribution in [0.2, 0.25) is 0 Å². The number of rotatable bonds is 7. The lowest BCUT2D eigenvalue weighted by Crippen LogP contribution is -2.48. The topological polar surface area (TPSA) is 53.8 Å². The molecule has 1 aliphatic carbocycles. The number of benzene rings is 1. The average molecular weight is 421 g/mol. The van der Waals surface area contributed by atoms with Crippen LogP contribution >= 0.6 is 0 Å². The molecule has 2 fully saturated rings. The first-order valence-electron chi connectivity index (χ1n) is 11.5. The van der Waals surface area contributed by atoms with E-state index in [-0.39, 0.29) is 17.9 Å². The van der Waals surface area contributed by atoms with Crippen molar-refractivity contribution in [3.63, 3.8) is 0 Å². The highest BCUT2D eigenvalue weighted by molar-refractivity contribution is 5.94. The average Bonchev–Trinajstić information content (AvgIpc) is 3.35. The molecule has 2 aromatic rings. The molecule has 2 amide bonds. The second kappa shape index (κ2) is 9.54. The predicted octanol–water partition coefficient (Wildman–Crippen LogP) is 4.96. The van der Waals surface area contributed by atoms with Crippen molar-refractivity contribution in [3.8, 4) is 0 Å². The maximum Gasteiger partial charge on any atom is 0.253 e. The molecular formula is C26H32N2O3. The van der Waals surface area contributed by atoms with E-state index in [4.69, 9.17) is 4.42 Å². The molecule has 1 aliphatic heterocycles. The number of furan rings is 1. The Balaban J connectivity index is 1.34. The number of nitrogens with zero attached hydrogens (tertiary/aromatic N) is 2. The van der Waals surface area contributed by atoms with E-state index in [2.05, 4.69) is 13.8 Å². The Hall–Kier alpha value is -2.82. The summed E-state index contributed by atoms with van der Waals surface area (Å²) in [6.45, 7) is 6.40. The summed E-state index contributed by atoms with van der Waals surface area (Å²) in [6, 6.07) is 13.6. The molecule has 1 saturated heterocycles. The van der Waals surface area contributed by atoms with Gasteiger partial charge in [-0.15, -0.1) is 0 Å². The lowest BCUT2D eigenvalue weighted by molar-refractivity contribution is -0.129. The van der Waals surface area contributed by atoms with Crippen molar-refractivity contribution < 1.29 is 14.0 Å². The third kappa shape index (κ3) is 5.09. The van der Waals surface area contributed by atoms with E-state index in [1.807, 2.05) is 52.3 Å². The molecule has 5 heteroatoms. The van der Waals surface area contributed by atoms with E-state index < -0.39 is 0 Å². The van der Waals surface area contributed by atoms with Gasteiger partial charge in [0.2, 0.25) is 5.91 Å². The number of carbonyl (C=O) groups excluding carboxylic acids is 2. The van der Waals surface area contributed by atoms with Gasteiger partial charge in [0.1, 0.15) is 11.5 Å². The minimum atomic E-state index is 0.0208. The van der Waals surface area contributed by atoms with E-state index in [1.165, 1.54) is 6.42 Å². The van der Waals surface area contributed by atoms with Gasteiger partial charge in [0.05, 0.1) is 0 Å². The lowest BCUT2D eigenvalue weighted by atomic mass is 10.0. The van der Waals surface area contributed by atoms with Crippen molar-refractivity contribution in [2.75, 3.05) is 19.6 Å². The van der Waals surface area contributed by atoms with Crippen molar-refractivity contribution in [2.24, 2.45) is 5.92 Å². The van der Waals surface area contributed by atoms with E-state index in [0.717, 1.165) is 42.9 Å². The van der Waals surface area contributed by atoms with Gasteiger partial charge in [-0.05, 0) is 61.9 Å². The third-order valence-electron chi connectivity index (χ3n) is 6.47. The summed E-state index contributed by atoms with van der Waals surface area (Å²) in [5.74, 6) is 3.10. The first-order chi connectivity index (χ1) is 15.1. The van der Waals surface area contributed by atoms with Crippen LogP contribution in [0.4, 0.5) is 0 Å². The Morgan fingerprint density at radius 1 is 1.13 bits per heavy atom. The molecule has 164 valence electrons. The van der Waals surface area contributed by atoms with Crippen LogP contribution in [0.1, 0.15) is 67.3 Å². The van der Waals surface area contributed by atoms with Gasteiger partial charge < -0.3 is 14.2 Å². The Kier molecular flexibility index (Phi) is 6.59. The Morgan fingerprint density at radius 3 is 2.48 bits per heavy atom. The predicted molar refractivity (Wildman–Crippen MR) is 122 cm³/mol. The summed E-state index contributed by atoms with van der Waals surface area (Å²) in [5.41, 5.74) is 0.726. The molecule has 0 bridgehead atoms. The molecule has 0 radical (unpaired) electrons. The van der Waals surface area contributed by atoms with Gasteiger partial charge in [-0.25, -0.2) is 0 Å². The smallest absolute Gasteiger partial charge is 0.253 e. The Morgan fingerprint density at radius 2 is 1.84 bits per heavy atom. The summed E-state index contributed by atoms with van der Waals surface area (Å²) >= 11 is 0. The van der Waals surface area contributed by atoms with Crippen molar-refractivity contribution >= 4 is 17.9 Å². The number of carbonyl (C=O) groups is 2. The molecular weight excluding hydrogens is 388 g/mol. The lowest BCUT2D eigenvalue weighted by Gasteiger charge is -2.38. The quantitative estimate of drug-likeness (QED) is 0.595. The Bertz CT molecular complexity index is 925. The van der Waals surface area contributed by atoms with Crippen molar-refractivity contribution in [3.05, 3.63) is 65.6 Å². The van der Waals surface area contributed by atoms with Crippen LogP contribution < -0.4 is 0 Å². The molecule has 4 rings (SSSR count). The summed E-state index contributed by atoms with van der Waals surface area (Å²) < 4.78 is 5.89. The van der Waals surface area contributed by atoms with Gasteiger partial charge in [0.15, 0.2) is 0 Å². The van der Waals surface area contributed by atoms with Gasteiger partial charge in [0.25, 0.3) is 5.91 Å². The number of piperidine rings is 1. The zero-order valence-corrected chi connectivity index (χ0v) is 18.5. The van der Waals surface area contributed by atoms with Crippen LogP contribution in [0.15, 0.2) is 53.0 Å². The Labute approximate surface area is 184 Å². The molecule has 2 atom stereocenters. The minimum absolute atomic E-state index is 0.0208. The second-order valence-electron chi connectivity index (χ2n) is 8.81. The van der Waals surface area contributed by atoms with Gasteiger partial charge in [-0.1, -0.05) is 32.0 Å². The fourth-order valence-corrected chi connectivity index (χ4v) is 4.48. The van der Waals surface area contributed by atoms with Crippen molar-refractivity contribution in [1.82, 2.24) is 9.80 Å². The highest BCUT2D eigenvalue weighted by atomic mass is 16.3. The fourth-order valence-electron chi connectivity index (χ4n) is 4.48. The number of hydrogen-bond acceptors (Lipinski definition) is 3. The molecule has 31 heavy (non-hydrogen) atoms. The van der Waals surface area contributed by atoms with E-state index >= 15 is 0 Å². The molecule has 5 nitrogen and oxygen atoms in total. The van der Waals surface area contributed by atoms with Crippen LogP contribution in [0, 0.1) is 5.92 Å². The van der Waals surface area contributed by atoms with Crippen molar-refractivity contribution in [2.45, 2.75) is 51.5 Å². The van der Waals surface area contributed by atoms with Gasteiger partial charge in [0, 0.05) is 43.2 Å². The normalized spacial score (nSPS) is 21.4. The van der Waals surface area contributed by atoms with E-state index in [0.29, 0.717) is 24.9 Å². The van der Waals surface area contributed by atoms with Crippen LogP contribution in [0.25, 0.3) is 6.08 Å². The molecule has 2 unspecified atom stereocenters. The zero-order chi connectivity index (χ0) is 21.8. The molecule has 1 saturated carbocycles. The van der Waals surface area contributed by atoms with Gasteiger partial charge >= 0.3 is 0 Å². The fraction of sp³-hybridized carbons (Fsp3) is 0.462. The summed E-state index contributed by atoms with van der Waals surface area (Å²) in [4.78, 5) is 29.5. The highest BCUT2D eigenvalue weighted by Gasteiger charge is 2.36. The molecule has 2 heterocycles. The number of hydrogen-bond donors (Lipinski definition) is 0. The zero-order valence-electron chi connectivity index (χ0n) is 18.5. The standard InChI is InChI=1S/C26H32N2O3/c1-3-15-28(25(29)12-10-22-9-11-24(31-22)23-18-19(23)2)21-13-16-27(17-14-21)26(30)20-7-5-4-6-8-20/h4-12,19,21,23H,3,13-18H2,1-2H3/b12-10+. The first-order valence-corrected chi connectivity index (χ1v) is 11.5. The first kappa shape index (κ1) is 21.4. The van der Waals surface area contributed by atoms with Crippen LogP contribution in [0.3, 0.4) is 0 Å². The summed E-state index contributed by atoms with van der Waals surface area (Å²) in [6.07, 6.45) is 7.13. The SMILES string of the molecule is CCCN(C(=O)/C=C/c1ccc(C2CC2C)o1)C1CCN(C(=O)c2ccccc2)CC1. The minimum Gasteiger partial charge on any atom is -0.461 e. The molecule has 0 spiro atoms. The van der Waals surface area contributed by atoms with E-state index in [1.54, 1.807) is 12.2 Å². The van der Waals surface area contributed by atoms with E-state index in [9.17, 15) is 9.59 Å². The van der Waals surface area contributed by atoms with Crippen molar-refractivity contribution in [1.29, 1.82) is 0 Å².